The van der Waals surface area contributed by atoms with Crippen LogP contribution in [0.1, 0.15) is 19.3 Å². The molecule has 1 saturated carbocycles. The zero-order valence-corrected chi connectivity index (χ0v) is 17.3. The second-order valence-corrected chi connectivity index (χ2v) is 9.99. The van der Waals surface area contributed by atoms with Gasteiger partial charge in [0.15, 0.2) is 0 Å². The topological polar surface area (TPSA) is 132 Å². The fourth-order valence-corrected chi connectivity index (χ4v) is 6.65. The zero-order valence-electron chi connectivity index (χ0n) is 15.7. The normalized spacial score (nSPS) is 15.5. The summed E-state index contributed by atoms with van der Waals surface area (Å²) in [5.74, 6) is 0.209. The number of thiophene rings is 1. The van der Waals surface area contributed by atoms with Gasteiger partial charge in [0.25, 0.3) is 0 Å². The summed E-state index contributed by atoms with van der Waals surface area (Å²) in [6.07, 6.45) is 8.12. The van der Waals surface area contributed by atoms with E-state index in [1.165, 1.54) is 11.3 Å². The third kappa shape index (κ3) is 3.04. The predicted octanol–water partition coefficient (Wildman–Crippen LogP) is 2.98. The number of anilines is 2. The van der Waals surface area contributed by atoms with E-state index in [-0.39, 0.29) is 11.2 Å². The Balaban J connectivity index is 1.75. The van der Waals surface area contributed by atoms with Crippen molar-refractivity contribution >= 4 is 44.4 Å². The van der Waals surface area contributed by atoms with E-state index in [0.717, 1.165) is 46.3 Å². The standard InChI is InChI=1S/C19H19N7OS2/c1-26-14(5-6-24-26)12-7-13(10-8-22-19(21)23-9-10)25-17-15(12)16(20)18(28-17)29(27)11-3-2-4-11/h5-9,11H,2-4,20H2,1H3,(H2,21,22,23). The minimum atomic E-state index is -1.11. The molecule has 0 aliphatic heterocycles. The number of aromatic nitrogens is 5. The van der Waals surface area contributed by atoms with Gasteiger partial charge >= 0.3 is 0 Å². The minimum absolute atomic E-state index is 0.190. The summed E-state index contributed by atoms with van der Waals surface area (Å²) in [6.45, 7) is 0. The Kier molecular flexibility index (Phi) is 4.41. The van der Waals surface area contributed by atoms with Gasteiger partial charge in [0, 0.05) is 53.3 Å². The number of nitrogen functional groups attached to an aromatic ring is 2. The molecule has 1 atom stereocenters. The molecule has 4 aromatic heterocycles. The second-order valence-electron chi connectivity index (χ2n) is 7.06. The Labute approximate surface area is 174 Å². The number of hydrogen-bond acceptors (Lipinski definition) is 8. The molecule has 1 unspecified atom stereocenters. The van der Waals surface area contributed by atoms with Crippen molar-refractivity contribution in [2.45, 2.75) is 28.7 Å². The molecule has 4 heterocycles. The van der Waals surface area contributed by atoms with Crippen molar-refractivity contribution in [2.75, 3.05) is 11.5 Å². The SMILES string of the molecule is Cn1nccc1-c1cc(-c2cnc(N)nc2)nc2sc([S+]([O-])C3CCC3)c(N)c12. The van der Waals surface area contributed by atoms with E-state index in [0.29, 0.717) is 15.6 Å². The molecule has 4 aromatic rings. The highest BCUT2D eigenvalue weighted by Crippen LogP contribution is 2.45. The summed E-state index contributed by atoms with van der Waals surface area (Å²) in [4.78, 5) is 13.7. The van der Waals surface area contributed by atoms with Gasteiger partial charge in [-0.05, 0) is 31.4 Å². The maximum atomic E-state index is 13.0. The lowest BCUT2D eigenvalue weighted by Gasteiger charge is -2.27. The van der Waals surface area contributed by atoms with Gasteiger partial charge in [0.05, 0.1) is 11.4 Å². The van der Waals surface area contributed by atoms with Crippen molar-refractivity contribution in [1.29, 1.82) is 0 Å². The van der Waals surface area contributed by atoms with Gasteiger partial charge in [0.1, 0.15) is 15.8 Å². The first kappa shape index (κ1) is 18.3. The molecule has 0 radical (unpaired) electrons. The summed E-state index contributed by atoms with van der Waals surface area (Å²) in [5, 5.41) is 5.30. The first-order valence-electron chi connectivity index (χ1n) is 9.23. The Morgan fingerprint density at radius 2 is 2.00 bits per heavy atom. The van der Waals surface area contributed by atoms with Crippen LogP contribution < -0.4 is 11.5 Å². The van der Waals surface area contributed by atoms with Crippen LogP contribution >= 0.6 is 11.3 Å². The van der Waals surface area contributed by atoms with E-state index in [4.69, 9.17) is 16.5 Å². The van der Waals surface area contributed by atoms with E-state index in [1.807, 2.05) is 19.2 Å². The molecule has 0 bridgehead atoms. The molecule has 0 aromatic carbocycles. The second kappa shape index (κ2) is 6.97. The highest BCUT2D eigenvalue weighted by molar-refractivity contribution is 7.94. The number of fused-ring (bicyclic) bond motifs is 1. The summed E-state index contributed by atoms with van der Waals surface area (Å²) >= 11 is 0.297. The Bertz CT molecular complexity index is 1200. The predicted molar refractivity (Wildman–Crippen MR) is 116 cm³/mol. The van der Waals surface area contributed by atoms with Crippen molar-refractivity contribution in [3.05, 3.63) is 30.7 Å². The quantitative estimate of drug-likeness (QED) is 0.480. The molecule has 5 rings (SSSR count). The molecule has 4 N–H and O–H groups in total. The maximum absolute atomic E-state index is 13.0. The van der Waals surface area contributed by atoms with Crippen LogP contribution in [0.25, 0.3) is 32.7 Å². The van der Waals surface area contributed by atoms with Crippen LogP contribution in [0.4, 0.5) is 11.6 Å². The number of rotatable bonds is 4. The molecular formula is C19H19N7OS2. The van der Waals surface area contributed by atoms with Crippen LogP contribution in [0.2, 0.25) is 0 Å². The van der Waals surface area contributed by atoms with Gasteiger partial charge < -0.3 is 16.0 Å². The van der Waals surface area contributed by atoms with Crippen molar-refractivity contribution in [1.82, 2.24) is 24.7 Å². The first-order chi connectivity index (χ1) is 14.0. The third-order valence-electron chi connectivity index (χ3n) is 5.27. The van der Waals surface area contributed by atoms with Crippen molar-refractivity contribution in [3.8, 4) is 22.5 Å². The molecule has 1 fully saturated rings. The lowest BCUT2D eigenvalue weighted by atomic mass is 10.0. The third-order valence-corrected chi connectivity index (χ3v) is 8.57. The highest BCUT2D eigenvalue weighted by Gasteiger charge is 2.35. The molecule has 8 nitrogen and oxygen atoms in total. The van der Waals surface area contributed by atoms with E-state index in [2.05, 4.69) is 15.1 Å². The maximum Gasteiger partial charge on any atom is 0.232 e. The summed E-state index contributed by atoms with van der Waals surface area (Å²) < 4.78 is 15.5. The van der Waals surface area contributed by atoms with Gasteiger partial charge in [0.2, 0.25) is 10.2 Å². The van der Waals surface area contributed by atoms with Crippen molar-refractivity contribution in [3.63, 3.8) is 0 Å². The van der Waals surface area contributed by atoms with Gasteiger partial charge in [-0.2, -0.15) is 5.10 Å². The Morgan fingerprint density at radius 1 is 1.24 bits per heavy atom. The van der Waals surface area contributed by atoms with Crippen LogP contribution in [0.15, 0.2) is 34.9 Å². The van der Waals surface area contributed by atoms with Crippen LogP contribution in [0.5, 0.6) is 0 Å². The largest absolute Gasteiger partial charge is 0.611 e. The zero-order chi connectivity index (χ0) is 20.1. The fourth-order valence-electron chi connectivity index (χ4n) is 3.44. The van der Waals surface area contributed by atoms with E-state index < -0.39 is 11.2 Å². The number of aryl methyl sites for hydroxylation is 1. The number of nitrogens with zero attached hydrogens (tertiary/aromatic N) is 5. The molecule has 0 spiro atoms. The van der Waals surface area contributed by atoms with Gasteiger partial charge in [-0.15, -0.1) is 0 Å². The summed E-state index contributed by atoms with van der Waals surface area (Å²) in [7, 11) is 1.88. The molecule has 1 aliphatic carbocycles. The van der Waals surface area contributed by atoms with E-state index in [1.54, 1.807) is 23.3 Å². The van der Waals surface area contributed by atoms with Crippen LogP contribution in [0, 0.1) is 0 Å². The van der Waals surface area contributed by atoms with Gasteiger partial charge in [-0.1, -0.05) is 11.3 Å². The van der Waals surface area contributed by atoms with Crippen LogP contribution in [-0.4, -0.2) is 34.5 Å². The molecule has 1 aliphatic rings. The molecule has 0 saturated heterocycles. The average molecular weight is 426 g/mol. The molecule has 29 heavy (non-hydrogen) atoms. The minimum Gasteiger partial charge on any atom is -0.611 e. The lowest BCUT2D eigenvalue weighted by molar-refractivity contribution is 0.478. The number of pyridine rings is 1. The first-order valence-corrected chi connectivity index (χ1v) is 11.3. The smallest absolute Gasteiger partial charge is 0.232 e. The highest BCUT2D eigenvalue weighted by atomic mass is 32.2. The average Bonchev–Trinajstić information content (AvgIpc) is 3.23. The van der Waals surface area contributed by atoms with E-state index >= 15 is 0 Å². The molecule has 0 amide bonds. The molecule has 10 heteroatoms. The number of nitrogens with two attached hydrogens (primary N) is 2. The van der Waals surface area contributed by atoms with Crippen molar-refractivity contribution < 1.29 is 4.55 Å². The fraction of sp³-hybridized carbons (Fsp3) is 0.263. The number of hydrogen-bond donors (Lipinski definition) is 2. The van der Waals surface area contributed by atoms with Crippen LogP contribution in [-0.2, 0) is 18.2 Å². The molecular weight excluding hydrogens is 406 g/mol. The van der Waals surface area contributed by atoms with Gasteiger partial charge in [-0.3, -0.25) is 4.68 Å². The summed E-state index contributed by atoms with van der Waals surface area (Å²) in [6, 6.07) is 3.88. The van der Waals surface area contributed by atoms with Crippen molar-refractivity contribution in [2.24, 2.45) is 7.05 Å². The Hall–Kier alpha value is -2.69. The lowest BCUT2D eigenvalue weighted by Crippen LogP contribution is -2.28. The molecule has 148 valence electrons. The van der Waals surface area contributed by atoms with E-state index in [9.17, 15) is 4.55 Å². The van der Waals surface area contributed by atoms with Gasteiger partial charge in [-0.25, -0.2) is 15.0 Å². The van der Waals surface area contributed by atoms with Crippen LogP contribution in [0.3, 0.4) is 0 Å². The summed E-state index contributed by atoms with van der Waals surface area (Å²) in [5.41, 5.74) is 16.0. The monoisotopic (exact) mass is 425 g/mol. The Morgan fingerprint density at radius 3 is 2.62 bits per heavy atom.